The molecule has 2 N–H and O–H groups in total. The molecule has 0 radical (unpaired) electrons. The fraction of sp³-hybridized carbons (Fsp3) is 0.0500. The fourth-order valence-electron chi connectivity index (χ4n) is 2.72. The van der Waals surface area contributed by atoms with E-state index in [1.165, 1.54) is 43.5 Å². The third-order valence-electron chi connectivity index (χ3n) is 4.15. The van der Waals surface area contributed by atoms with Crippen LogP contribution in [0.25, 0.3) is 0 Å². The Morgan fingerprint density at radius 1 is 1.06 bits per heavy atom. The Morgan fingerprint density at radius 2 is 1.81 bits per heavy atom. The van der Waals surface area contributed by atoms with Gasteiger partial charge in [0.05, 0.1) is 22.6 Å². The molecule has 0 saturated carbocycles. The number of nitrogens with one attached hydrogen (secondary N) is 2. The molecule has 0 unspecified atom stereocenters. The molecule has 3 aromatic carbocycles. The molecule has 0 aromatic heterocycles. The van der Waals surface area contributed by atoms with E-state index in [0.29, 0.717) is 5.75 Å². The van der Waals surface area contributed by atoms with Crippen molar-refractivity contribution in [3.63, 3.8) is 0 Å². The fourth-order valence-corrected chi connectivity index (χ4v) is 4.01. The number of para-hydroxylation sites is 2. The van der Waals surface area contributed by atoms with Gasteiger partial charge in [0.2, 0.25) is 0 Å². The zero-order valence-corrected chi connectivity index (χ0v) is 17.6. The number of benzene rings is 3. The average molecular weight is 462 g/mol. The summed E-state index contributed by atoms with van der Waals surface area (Å²) in [6.07, 6.45) is 0. The number of rotatable bonds is 7. The SMILES string of the molecule is COc1ccccc1NS(=O)(=O)c1cccc(NC(=O)c2cc(Cl)ccc2[N+](=O)[O-])c1. The number of sulfonamides is 1. The Labute approximate surface area is 182 Å². The van der Waals surface area contributed by atoms with E-state index in [0.717, 1.165) is 6.07 Å². The Hall–Kier alpha value is -3.63. The topological polar surface area (TPSA) is 128 Å². The molecule has 3 aromatic rings. The van der Waals surface area contributed by atoms with Gasteiger partial charge in [0, 0.05) is 16.8 Å². The van der Waals surface area contributed by atoms with E-state index in [2.05, 4.69) is 10.0 Å². The maximum absolute atomic E-state index is 12.8. The van der Waals surface area contributed by atoms with Gasteiger partial charge in [-0.25, -0.2) is 8.42 Å². The minimum atomic E-state index is -4.01. The van der Waals surface area contributed by atoms with Crippen LogP contribution in [-0.2, 0) is 10.0 Å². The number of ether oxygens (including phenoxy) is 1. The van der Waals surface area contributed by atoms with Crippen LogP contribution < -0.4 is 14.8 Å². The number of amides is 1. The van der Waals surface area contributed by atoms with Gasteiger partial charge < -0.3 is 10.1 Å². The second-order valence-electron chi connectivity index (χ2n) is 6.21. The highest BCUT2D eigenvalue weighted by Gasteiger charge is 2.22. The molecule has 0 atom stereocenters. The molecule has 0 bridgehead atoms. The van der Waals surface area contributed by atoms with Gasteiger partial charge in [-0.05, 0) is 42.5 Å². The number of hydrogen-bond donors (Lipinski definition) is 2. The van der Waals surface area contributed by atoms with Crippen molar-refractivity contribution in [3.8, 4) is 5.75 Å². The highest BCUT2D eigenvalue weighted by molar-refractivity contribution is 7.92. The predicted molar refractivity (Wildman–Crippen MR) is 116 cm³/mol. The van der Waals surface area contributed by atoms with Gasteiger partial charge in [-0.2, -0.15) is 0 Å². The lowest BCUT2D eigenvalue weighted by Gasteiger charge is -2.12. The van der Waals surface area contributed by atoms with E-state index < -0.39 is 26.5 Å². The number of nitro benzene ring substituents is 1. The van der Waals surface area contributed by atoms with Gasteiger partial charge >= 0.3 is 0 Å². The summed E-state index contributed by atoms with van der Waals surface area (Å²) in [5, 5.41) is 13.8. The number of anilines is 2. The van der Waals surface area contributed by atoms with Gasteiger partial charge in [-0.1, -0.05) is 29.8 Å². The van der Waals surface area contributed by atoms with Gasteiger partial charge in [-0.15, -0.1) is 0 Å². The van der Waals surface area contributed by atoms with Crippen LogP contribution >= 0.6 is 11.6 Å². The molecule has 11 heteroatoms. The Bertz CT molecular complexity index is 1260. The molecule has 0 aliphatic rings. The summed E-state index contributed by atoms with van der Waals surface area (Å²) in [7, 11) is -2.59. The van der Waals surface area contributed by atoms with E-state index in [-0.39, 0.29) is 26.9 Å². The van der Waals surface area contributed by atoms with Crippen molar-refractivity contribution in [3.05, 3.63) is 87.4 Å². The number of hydrogen-bond acceptors (Lipinski definition) is 6. The second-order valence-corrected chi connectivity index (χ2v) is 8.33. The average Bonchev–Trinajstić information content (AvgIpc) is 2.73. The lowest BCUT2D eigenvalue weighted by molar-refractivity contribution is -0.385. The van der Waals surface area contributed by atoms with E-state index in [4.69, 9.17) is 16.3 Å². The van der Waals surface area contributed by atoms with Crippen molar-refractivity contribution in [2.45, 2.75) is 4.90 Å². The molecule has 0 aliphatic carbocycles. The lowest BCUT2D eigenvalue weighted by Crippen LogP contribution is -2.16. The number of carbonyl (C=O) groups is 1. The zero-order chi connectivity index (χ0) is 22.6. The van der Waals surface area contributed by atoms with Gasteiger partial charge in [0.25, 0.3) is 21.6 Å². The first-order valence-electron chi connectivity index (χ1n) is 8.72. The van der Waals surface area contributed by atoms with E-state index in [9.17, 15) is 23.3 Å². The van der Waals surface area contributed by atoms with Crippen LogP contribution in [0.1, 0.15) is 10.4 Å². The third kappa shape index (κ3) is 5.11. The van der Waals surface area contributed by atoms with E-state index in [1.807, 2.05) is 0 Å². The largest absolute Gasteiger partial charge is 0.495 e. The molecular formula is C20H16ClN3O6S. The molecule has 160 valence electrons. The number of halogens is 1. The van der Waals surface area contributed by atoms with E-state index in [1.54, 1.807) is 24.3 Å². The first kappa shape index (κ1) is 22.1. The van der Waals surface area contributed by atoms with Crippen LogP contribution in [0, 0.1) is 10.1 Å². The van der Waals surface area contributed by atoms with Crippen molar-refractivity contribution >= 4 is 44.6 Å². The predicted octanol–water partition coefficient (Wildman–Crippen LogP) is 4.31. The molecule has 0 aliphatic heterocycles. The maximum atomic E-state index is 12.8. The summed E-state index contributed by atoms with van der Waals surface area (Å²) in [6.45, 7) is 0. The van der Waals surface area contributed by atoms with Crippen LogP contribution in [0.4, 0.5) is 17.1 Å². The van der Waals surface area contributed by atoms with Crippen molar-refractivity contribution in [2.24, 2.45) is 0 Å². The number of carbonyl (C=O) groups excluding carboxylic acids is 1. The number of methoxy groups -OCH3 is 1. The Kier molecular flexibility index (Phi) is 6.42. The summed E-state index contributed by atoms with van der Waals surface area (Å²) in [4.78, 5) is 22.9. The first-order valence-corrected chi connectivity index (χ1v) is 10.6. The summed E-state index contributed by atoms with van der Waals surface area (Å²) in [5.74, 6) is -0.467. The molecule has 31 heavy (non-hydrogen) atoms. The van der Waals surface area contributed by atoms with Gasteiger partial charge in [0.15, 0.2) is 0 Å². The van der Waals surface area contributed by atoms with Crippen molar-refractivity contribution in [1.29, 1.82) is 0 Å². The molecule has 9 nitrogen and oxygen atoms in total. The monoisotopic (exact) mass is 461 g/mol. The normalized spacial score (nSPS) is 10.9. The van der Waals surface area contributed by atoms with Crippen LogP contribution in [0.15, 0.2) is 71.6 Å². The zero-order valence-electron chi connectivity index (χ0n) is 16.0. The Balaban J connectivity index is 1.88. The third-order valence-corrected chi connectivity index (χ3v) is 5.75. The Morgan fingerprint density at radius 3 is 2.52 bits per heavy atom. The smallest absolute Gasteiger partial charge is 0.282 e. The molecular weight excluding hydrogens is 446 g/mol. The van der Waals surface area contributed by atoms with Gasteiger partial charge in [0.1, 0.15) is 11.3 Å². The van der Waals surface area contributed by atoms with Crippen molar-refractivity contribution in [2.75, 3.05) is 17.1 Å². The van der Waals surface area contributed by atoms with E-state index >= 15 is 0 Å². The summed E-state index contributed by atoms with van der Waals surface area (Å²) >= 11 is 5.85. The standard InChI is InChI=1S/C20H16ClN3O6S/c1-30-19-8-3-2-7-17(19)23-31(28,29)15-6-4-5-14(12-15)22-20(25)16-11-13(21)9-10-18(16)24(26)27/h2-12,23H,1H3,(H,22,25). The van der Waals surface area contributed by atoms with Crippen molar-refractivity contribution in [1.82, 2.24) is 0 Å². The molecule has 3 rings (SSSR count). The minimum absolute atomic E-state index is 0.127. The first-order chi connectivity index (χ1) is 14.7. The van der Waals surface area contributed by atoms with Crippen molar-refractivity contribution < 1.29 is 22.9 Å². The molecule has 0 spiro atoms. The molecule has 0 heterocycles. The van der Waals surface area contributed by atoms with Crippen LogP contribution in [0.3, 0.4) is 0 Å². The van der Waals surface area contributed by atoms with Gasteiger partial charge in [-0.3, -0.25) is 19.6 Å². The van der Waals surface area contributed by atoms with Crippen LogP contribution in [0.5, 0.6) is 5.75 Å². The summed E-state index contributed by atoms with van der Waals surface area (Å²) in [5.41, 5.74) is -0.308. The second kappa shape index (κ2) is 9.02. The summed E-state index contributed by atoms with van der Waals surface area (Å²) < 4.78 is 33.1. The molecule has 1 amide bonds. The number of nitrogens with zero attached hydrogens (tertiary/aromatic N) is 1. The molecule has 0 fully saturated rings. The van der Waals surface area contributed by atoms with Crippen LogP contribution in [0.2, 0.25) is 5.02 Å². The lowest BCUT2D eigenvalue weighted by atomic mass is 10.1. The number of nitro groups is 1. The minimum Gasteiger partial charge on any atom is -0.495 e. The molecule has 0 saturated heterocycles. The highest BCUT2D eigenvalue weighted by Crippen LogP contribution is 2.28. The quantitative estimate of drug-likeness (QED) is 0.398. The highest BCUT2D eigenvalue weighted by atomic mass is 35.5. The summed E-state index contributed by atoms with van der Waals surface area (Å²) in [6, 6.07) is 15.5. The van der Waals surface area contributed by atoms with Crippen LogP contribution in [-0.4, -0.2) is 26.4 Å². The maximum Gasteiger partial charge on any atom is 0.282 e.